The minimum absolute atomic E-state index is 0.293. The molecule has 1 heterocycles. The van der Waals surface area contributed by atoms with Gasteiger partial charge in [0.05, 0.1) is 0 Å². The SMILES string of the molecule is CC(C)c1ccc([C@H]2CN(C)C[C@H]2CO)cc1. The zero-order chi connectivity index (χ0) is 12.4. The molecular weight excluding hydrogens is 210 g/mol. The fourth-order valence-corrected chi connectivity index (χ4v) is 2.78. The molecule has 2 nitrogen and oxygen atoms in total. The lowest BCUT2D eigenvalue weighted by atomic mass is 9.88. The highest BCUT2D eigenvalue weighted by Gasteiger charge is 2.31. The Morgan fingerprint density at radius 3 is 2.41 bits per heavy atom. The van der Waals surface area contributed by atoms with Crippen LogP contribution in [0.15, 0.2) is 24.3 Å². The zero-order valence-corrected chi connectivity index (χ0v) is 11.1. The lowest BCUT2D eigenvalue weighted by Crippen LogP contribution is -2.15. The monoisotopic (exact) mass is 233 g/mol. The summed E-state index contributed by atoms with van der Waals surface area (Å²) < 4.78 is 0. The van der Waals surface area contributed by atoms with Crippen molar-refractivity contribution in [2.24, 2.45) is 5.92 Å². The number of hydrogen-bond acceptors (Lipinski definition) is 2. The van der Waals surface area contributed by atoms with Crippen molar-refractivity contribution in [1.29, 1.82) is 0 Å². The van der Waals surface area contributed by atoms with Crippen molar-refractivity contribution < 1.29 is 5.11 Å². The van der Waals surface area contributed by atoms with Crippen LogP contribution in [-0.4, -0.2) is 36.8 Å². The van der Waals surface area contributed by atoms with Gasteiger partial charge in [0.1, 0.15) is 0 Å². The quantitative estimate of drug-likeness (QED) is 0.867. The largest absolute Gasteiger partial charge is 0.396 e. The van der Waals surface area contributed by atoms with Crippen LogP contribution in [-0.2, 0) is 0 Å². The summed E-state index contributed by atoms with van der Waals surface area (Å²) in [5, 5.41) is 9.43. The van der Waals surface area contributed by atoms with Crippen LogP contribution in [0.2, 0.25) is 0 Å². The van der Waals surface area contributed by atoms with Crippen molar-refractivity contribution in [2.45, 2.75) is 25.7 Å². The molecule has 1 aromatic rings. The van der Waals surface area contributed by atoms with Gasteiger partial charge in [0.15, 0.2) is 0 Å². The van der Waals surface area contributed by atoms with Crippen LogP contribution in [0.5, 0.6) is 0 Å². The first-order valence-corrected chi connectivity index (χ1v) is 6.51. The summed E-state index contributed by atoms with van der Waals surface area (Å²) >= 11 is 0. The van der Waals surface area contributed by atoms with Gasteiger partial charge in [0, 0.05) is 31.5 Å². The Morgan fingerprint density at radius 1 is 1.24 bits per heavy atom. The molecule has 0 spiro atoms. The summed E-state index contributed by atoms with van der Waals surface area (Å²) in [6, 6.07) is 8.93. The van der Waals surface area contributed by atoms with E-state index in [9.17, 15) is 5.11 Å². The molecule has 0 amide bonds. The molecule has 0 aromatic heterocycles. The molecule has 1 aliphatic heterocycles. The van der Waals surface area contributed by atoms with Gasteiger partial charge in [0.25, 0.3) is 0 Å². The summed E-state index contributed by atoms with van der Waals surface area (Å²) in [7, 11) is 2.13. The Morgan fingerprint density at radius 2 is 1.88 bits per heavy atom. The molecule has 1 N–H and O–H groups in total. The lowest BCUT2D eigenvalue weighted by Gasteiger charge is -2.17. The Balaban J connectivity index is 2.16. The Hall–Kier alpha value is -0.860. The molecule has 0 radical (unpaired) electrons. The van der Waals surface area contributed by atoms with Crippen LogP contribution in [0, 0.1) is 5.92 Å². The van der Waals surface area contributed by atoms with Crippen LogP contribution >= 0.6 is 0 Å². The molecule has 0 aliphatic carbocycles. The zero-order valence-electron chi connectivity index (χ0n) is 11.1. The predicted molar refractivity (Wildman–Crippen MR) is 71.3 cm³/mol. The topological polar surface area (TPSA) is 23.5 Å². The third-order valence-electron chi connectivity index (χ3n) is 3.89. The Bertz CT molecular complexity index is 358. The van der Waals surface area contributed by atoms with Crippen molar-refractivity contribution in [1.82, 2.24) is 4.90 Å². The summed E-state index contributed by atoms with van der Waals surface area (Å²) in [5.74, 6) is 1.47. The standard InChI is InChI=1S/C15H23NO/c1-11(2)12-4-6-13(7-5-12)15-9-16(3)8-14(15)10-17/h4-7,11,14-15,17H,8-10H2,1-3H3/t14-,15+/m0/s1. The maximum Gasteiger partial charge on any atom is 0.0477 e. The Labute approximate surface area is 104 Å². The van der Waals surface area contributed by atoms with Gasteiger partial charge in [-0.3, -0.25) is 0 Å². The highest BCUT2D eigenvalue weighted by molar-refractivity contribution is 5.28. The fourth-order valence-electron chi connectivity index (χ4n) is 2.78. The molecule has 1 aliphatic rings. The van der Waals surface area contributed by atoms with Crippen LogP contribution in [0.25, 0.3) is 0 Å². The van der Waals surface area contributed by atoms with Crippen LogP contribution in [0.1, 0.15) is 36.8 Å². The van der Waals surface area contributed by atoms with Crippen molar-refractivity contribution in [2.75, 3.05) is 26.7 Å². The third kappa shape index (κ3) is 2.70. The molecule has 2 rings (SSSR count). The van der Waals surface area contributed by atoms with E-state index in [1.165, 1.54) is 11.1 Å². The number of likely N-dealkylation sites (tertiary alicyclic amines) is 1. The second-order valence-electron chi connectivity index (χ2n) is 5.59. The summed E-state index contributed by atoms with van der Waals surface area (Å²) in [6.07, 6.45) is 0. The smallest absolute Gasteiger partial charge is 0.0477 e. The van der Waals surface area contributed by atoms with Crippen molar-refractivity contribution >= 4 is 0 Å². The van der Waals surface area contributed by atoms with Gasteiger partial charge >= 0.3 is 0 Å². The van der Waals surface area contributed by atoms with Crippen LogP contribution < -0.4 is 0 Å². The number of hydrogen-bond donors (Lipinski definition) is 1. The number of benzene rings is 1. The average molecular weight is 233 g/mol. The number of likely N-dealkylation sites (N-methyl/N-ethyl adjacent to an activating group) is 1. The number of nitrogens with zero attached hydrogens (tertiary/aromatic N) is 1. The second kappa shape index (κ2) is 5.19. The van der Waals surface area contributed by atoms with E-state index in [2.05, 4.69) is 50.1 Å². The third-order valence-corrected chi connectivity index (χ3v) is 3.89. The number of aliphatic hydroxyl groups excluding tert-OH is 1. The minimum atomic E-state index is 0.293. The molecule has 2 heteroatoms. The second-order valence-corrected chi connectivity index (χ2v) is 5.59. The molecule has 1 aromatic carbocycles. The normalized spacial score (nSPS) is 25.7. The molecule has 17 heavy (non-hydrogen) atoms. The Kier molecular flexibility index (Phi) is 3.85. The first kappa shape index (κ1) is 12.6. The highest BCUT2D eigenvalue weighted by Crippen LogP contribution is 2.32. The maximum absolute atomic E-state index is 9.43. The number of aliphatic hydroxyl groups is 1. The van der Waals surface area contributed by atoms with E-state index in [1.807, 2.05) is 0 Å². The van der Waals surface area contributed by atoms with E-state index in [1.54, 1.807) is 0 Å². The molecule has 94 valence electrons. The van der Waals surface area contributed by atoms with E-state index in [0.29, 0.717) is 24.4 Å². The number of rotatable bonds is 3. The van der Waals surface area contributed by atoms with E-state index < -0.39 is 0 Å². The van der Waals surface area contributed by atoms with E-state index in [4.69, 9.17) is 0 Å². The molecule has 1 saturated heterocycles. The van der Waals surface area contributed by atoms with Gasteiger partial charge in [-0.05, 0) is 24.1 Å². The van der Waals surface area contributed by atoms with Gasteiger partial charge in [-0.1, -0.05) is 38.1 Å². The van der Waals surface area contributed by atoms with Gasteiger partial charge in [-0.2, -0.15) is 0 Å². The lowest BCUT2D eigenvalue weighted by molar-refractivity contribution is 0.219. The first-order chi connectivity index (χ1) is 8.11. The van der Waals surface area contributed by atoms with Crippen LogP contribution in [0.3, 0.4) is 0 Å². The molecule has 0 bridgehead atoms. The maximum atomic E-state index is 9.43. The highest BCUT2D eigenvalue weighted by atomic mass is 16.3. The van der Waals surface area contributed by atoms with Crippen molar-refractivity contribution in [3.63, 3.8) is 0 Å². The first-order valence-electron chi connectivity index (χ1n) is 6.51. The van der Waals surface area contributed by atoms with Crippen molar-refractivity contribution in [3.8, 4) is 0 Å². The molecule has 0 unspecified atom stereocenters. The molecule has 1 fully saturated rings. The summed E-state index contributed by atoms with van der Waals surface area (Å²) in [5.41, 5.74) is 2.76. The van der Waals surface area contributed by atoms with Crippen molar-refractivity contribution in [3.05, 3.63) is 35.4 Å². The average Bonchev–Trinajstić information content (AvgIpc) is 2.70. The van der Waals surface area contributed by atoms with E-state index >= 15 is 0 Å². The minimum Gasteiger partial charge on any atom is -0.396 e. The summed E-state index contributed by atoms with van der Waals surface area (Å²) in [4.78, 5) is 2.31. The fraction of sp³-hybridized carbons (Fsp3) is 0.600. The molecule has 2 atom stereocenters. The predicted octanol–water partition coefficient (Wildman–Crippen LogP) is 2.45. The molecule has 0 saturated carbocycles. The molecular formula is C15H23NO. The van der Waals surface area contributed by atoms with Crippen LogP contribution in [0.4, 0.5) is 0 Å². The van der Waals surface area contributed by atoms with Gasteiger partial charge in [-0.15, -0.1) is 0 Å². The van der Waals surface area contributed by atoms with Gasteiger partial charge < -0.3 is 10.0 Å². The summed E-state index contributed by atoms with van der Waals surface area (Å²) in [6.45, 7) is 6.80. The van der Waals surface area contributed by atoms with Gasteiger partial charge in [0.2, 0.25) is 0 Å². The van der Waals surface area contributed by atoms with E-state index in [-0.39, 0.29) is 0 Å². The van der Waals surface area contributed by atoms with Gasteiger partial charge in [-0.25, -0.2) is 0 Å². The van der Waals surface area contributed by atoms with E-state index in [0.717, 1.165) is 13.1 Å².